The van der Waals surface area contributed by atoms with Gasteiger partial charge in [0, 0.05) is 24.5 Å². The maximum absolute atomic E-state index is 12.4. The van der Waals surface area contributed by atoms with E-state index < -0.39 is 33.4 Å². The normalized spacial score (nSPS) is 12.5. The van der Waals surface area contributed by atoms with Crippen LogP contribution >= 0.6 is 0 Å². The molecule has 2 aromatic rings. The zero-order valence-electron chi connectivity index (χ0n) is 12.3. The molecule has 0 aliphatic heterocycles. The van der Waals surface area contributed by atoms with E-state index in [0.717, 1.165) is 24.3 Å². The molecule has 24 heavy (non-hydrogen) atoms. The predicted octanol–water partition coefficient (Wildman–Crippen LogP) is 0.754. The summed E-state index contributed by atoms with van der Waals surface area (Å²) in [4.78, 5) is 20.7. The van der Waals surface area contributed by atoms with Gasteiger partial charge in [-0.05, 0) is 17.7 Å². The minimum absolute atomic E-state index is 0.202. The second kappa shape index (κ2) is 7.20. The van der Waals surface area contributed by atoms with Gasteiger partial charge in [-0.1, -0.05) is 30.3 Å². The van der Waals surface area contributed by atoms with Crippen molar-refractivity contribution in [1.82, 2.24) is 4.72 Å². The number of carbonyl (C=O) groups excluding carboxylic acids is 1. The summed E-state index contributed by atoms with van der Waals surface area (Å²) < 4.78 is 27.1. The lowest BCUT2D eigenvalue weighted by Gasteiger charge is -2.19. The first kappa shape index (κ1) is 17.6. The van der Waals surface area contributed by atoms with Gasteiger partial charge in [-0.15, -0.1) is 0 Å². The van der Waals surface area contributed by atoms with Crippen LogP contribution in [0.15, 0.2) is 59.5 Å². The fourth-order valence-corrected chi connectivity index (χ4v) is 3.31. The van der Waals surface area contributed by atoms with Crippen molar-refractivity contribution in [2.24, 2.45) is 0 Å². The molecule has 8 nitrogen and oxygen atoms in total. The van der Waals surface area contributed by atoms with Gasteiger partial charge >= 0.3 is 0 Å². The van der Waals surface area contributed by atoms with Gasteiger partial charge in [0.2, 0.25) is 10.0 Å². The number of nitro groups is 1. The number of hydrogen-bond donors (Lipinski definition) is 1. The van der Waals surface area contributed by atoms with Gasteiger partial charge in [0.1, 0.15) is 0 Å². The number of sulfonamides is 1. The first-order chi connectivity index (χ1) is 11.3. The molecule has 2 aromatic carbocycles. The highest BCUT2D eigenvalue weighted by Gasteiger charge is 2.22. The van der Waals surface area contributed by atoms with Crippen LogP contribution in [0.4, 0.5) is 5.69 Å². The number of hydrogen-bond acceptors (Lipinski definition) is 6. The summed E-state index contributed by atoms with van der Waals surface area (Å²) >= 11 is 0. The van der Waals surface area contributed by atoms with Crippen LogP contribution in [0, 0.1) is 10.1 Å². The van der Waals surface area contributed by atoms with E-state index in [1.165, 1.54) is 0 Å². The Labute approximate surface area is 138 Å². The van der Waals surface area contributed by atoms with Crippen molar-refractivity contribution in [2.45, 2.75) is 17.4 Å². The van der Waals surface area contributed by atoms with E-state index in [1.807, 2.05) is 0 Å². The minimum Gasteiger partial charge on any atom is -0.550 e. The number of nitrogens with zero attached hydrogens (tertiary/aromatic N) is 1. The maximum Gasteiger partial charge on any atom is 0.269 e. The van der Waals surface area contributed by atoms with Crippen molar-refractivity contribution in [3.05, 3.63) is 70.3 Å². The van der Waals surface area contributed by atoms with E-state index in [0.29, 0.717) is 5.56 Å². The summed E-state index contributed by atoms with van der Waals surface area (Å²) in [7, 11) is -4.06. The summed E-state index contributed by atoms with van der Waals surface area (Å²) in [5, 5.41) is 21.5. The molecule has 0 saturated heterocycles. The summed E-state index contributed by atoms with van der Waals surface area (Å²) in [6.45, 7) is 0. The number of carboxylic acid groups (broad SMARTS) is 1. The van der Waals surface area contributed by atoms with E-state index in [9.17, 15) is 28.4 Å². The molecule has 0 amide bonds. The Morgan fingerprint density at radius 2 is 1.67 bits per heavy atom. The third-order valence-electron chi connectivity index (χ3n) is 3.23. The van der Waals surface area contributed by atoms with Crippen LogP contribution < -0.4 is 9.83 Å². The van der Waals surface area contributed by atoms with Crippen LogP contribution in [0.3, 0.4) is 0 Å². The van der Waals surface area contributed by atoms with Crippen molar-refractivity contribution in [2.75, 3.05) is 0 Å². The number of aliphatic carboxylic acids is 1. The third-order valence-corrected chi connectivity index (χ3v) is 4.72. The smallest absolute Gasteiger partial charge is 0.269 e. The Morgan fingerprint density at radius 3 is 2.17 bits per heavy atom. The molecule has 0 saturated carbocycles. The standard InChI is InChI=1S/C15H14N2O6S/c18-15(19)10-14(11-4-2-1-3-5-11)16-24(22,23)13-8-6-12(7-9-13)17(20)21/h1-9,14,16H,10H2,(H,18,19)/p-1/t14-/m0/s1. The molecular formula is C15H13N2O6S-. The van der Waals surface area contributed by atoms with Crippen molar-refractivity contribution < 1.29 is 23.2 Å². The highest BCUT2D eigenvalue weighted by atomic mass is 32.2. The molecule has 0 bridgehead atoms. The van der Waals surface area contributed by atoms with Crippen molar-refractivity contribution >= 4 is 21.7 Å². The number of carbonyl (C=O) groups is 1. The van der Waals surface area contributed by atoms with Crippen LogP contribution in [0.2, 0.25) is 0 Å². The summed E-state index contributed by atoms with van der Waals surface area (Å²) in [5.74, 6) is -1.41. The van der Waals surface area contributed by atoms with Crippen LogP contribution in [-0.4, -0.2) is 19.3 Å². The van der Waals surface area contributed by atoms with E-state index >= 15 is 0 Å². The predicted molar refractivity (Wildman–Crippen MR) is 82.2 cm³/mol. The monoisotopic (exact) mass is 349 g/mol. The van der Waals surface area contributed by atoms with Crippen molar-refractivity contribution in [3.63, 3.8) is 0 Å². The molecule has 0 aliphatic carbocycles. The fraction of sp³-hybridized carbons (Fsp3) is 0.133. The molecule has 0 unspecified atom stereocenters. The van der Waals surface area contributed by atoms with Crippen LogP contribution in [-0.2, 0) is 14.8 Å². The van der Waals surface area contributed by atoms with Crippen molar-refractivity contribution in [1.29, 1.82) is 0 Å². The minimum atomic E-state index is -4.06. The highest BCUT2D eigenvalue weighted by molar-refractivity contribution is 7.89. The molecule has 0 radical (unpaired) electrons. The average molecular weight is 349 g/mol. The molecular weight excluding hydrogens is 336 g/mol. The average Bonchev–Trinajstić information content (AvgIpc) is 2.54. The van der Waals surface area contributed by atoms with Gasteiger partial charge < -0.3 is 9.90 Å². The maximum atomic E-state index is 12.4. The molecule has 0 aromatic heterocycles. The van der Waals surface area contributed by atoms with Gasteiger partial charge in [-0.3, -0.25) is 10.1 Å². The number of benzene rings is 2. The van der Waals surface area contributed by atoms with Gasteiger partial charge in [0.15, 0.2) is 0 Å². The number of rotatable bonds is 7. The Bertz CT molecular complexity index is 834. The van der Waals surface area contributed by atoms with Gasteiger partial charge in [-0.2, -0.15) is 0 Å². The van der Waals surface area contributed by atoms with Gasteiger partial charge in [0.05, 0.1) is 15.9 Å². The van der Waals surface area contributed by atoms with Crippen LogP contribution in [0.5, 0.6) is 0 Å². The zero-order chi connectivity index (χ0) is 17.7. The quantitative estimate of drug-likeness (QED) is 0.580. The van der Waals surface area contributed by atoms with Gasteiger partial charge in [-0.25, -0.2) is 13.1 Å². The molecule has 0 aliphatic rings. The zero-order valence-corrected chi connectivity index (χ0v) is 13.1. The SMILES string of the molecule is O=C([O-])C[C@H](NS(=O)(=O)c1ccc([N+](=O)[O-])cc1)c1ccccc1. The summed E-state index contributed by atoms with van der Waals surface area (Å²) in [5.41, 5.74) is 0.218. The summed E-state index contributed by atoms with van der Waals surface area (Å²) in [6.07, 6.45) is -0.545. The molecule has 0 spiro atoms. The van der Waals surface area contributed by atoms with E-state index in [1.54, 1.807) is 30.3 Å². The molecule has 2 rings (SSSR count). The van der Waals surface area contributed by atoms with Crippen LogP contribution in [0.25, 0.3) is 0 Å². The lowest BCUT2D eigenvalue weighted by atomic mass is 10.1. The molecule has 1 atom stereocenters. The second-order valence-electron chi connectivity index (χ2n) is 4.91. The Kier molecular flexibility index (Phi) is 5.27. The van der Waals surface area contributed by atoms with Gasteiger partial charge in [0.25, 0.3) is 5.69 Å². The van der Waals surface area contributed by atoms with E-state index in [4.69, 9.17) is 0 Å². The molecule has 0 fully saturated rings. The molecule has 0 heterocycles. The third kappa shape index (κ3) is 4.37. The Morgan fingerprint density at radius 1 is 1.08 bits per heavy atom. The molecule has 126 valence electrons. The number of nitro benzene ring substituents is 1. The van der Waals surface area contributed by atoms with Crippen molar-refractivity contribution in [3.8, 4) is 0 Å². The second-order valence-corrected chi connectivity index (χ2v) is 6.63. The summed E-state index contributed by atoms with van der Waals surface area (Å²) in [6, 6.07) is 11.5. The number of nitrogens with one attached hydrogen (secondary N) is 1. The van der Waals surface area contributed by atoms with Crippen LogP contribution in [0.1, 0.15) is 18.0 Å². The Hall–Kier alpha value is -2.78. The Balaban J connectivity index is 2.29. The first-order valence-electron chi connectivity index (χ1n) is 6.81. The lowest BCUT2D eigenvalue weighted by Crippen LogP contribution is -2.34. The first-order valence-corrected chi connectivity index (χ1v) is 8.29. The fourth-order valence-electron chi connectivity index (χ4n) is 2.08. The molecule has 1 N–H and O–H groups in total. The van der Waals surface area contributed by atoms with E-state index in [-0.39, 0.29) is 10.6 Å². The lowest BCUT2D eigenvalue weighted by molar-refractivity contribution is -0.384. The number of non-ortho nitro benzene ring substituents is 1. The van der Waals surface area contributed by atoms with E-state index in [2.05, 4.69) is 4.72 Å². The molecule has 9 heteroatoms. The topological polar surface area (TPSA) is 129 Å². The highest BCUT2D eigenvalue weighted by Crippen LogP contribution is 2.21. The largest absolute Gasteiger partial charge is 0.550 e. The number of carboxylic acids is 1.